The Bertz CT molecular complexity index is 853. The number of alkyl halides is 3. The van der Waals surface area contributed by atoms with Crippen molar-refractivity contribution >= 4 is 17.2 Å². The second-order valence-corrected chi connectivity index (χ2v) is 5.57. The van der Waals surface area contributed by atoms with E-state index in [1.807, 2.05) is 0 Å². The summed E-state index contributed by atoms with van der Waals surface area (Å²) in [5.74, 6) is 1.43. The number of rotatable bonds is 5. The van der Waals surface area contributed by atoms with Gasteiger partial charge in [-0.2, -0.15) is 10.2 Å². The Kier molecular flexibility index (Phi) is 3.41. The third-order valence-corrected chi connectivity index (χ3v) is 3.65. The van der Waals surface area contributed by atoms with Gasteiger partial charge in [0.1, 0.15) is 12.1 Å². The van der Waals surface area contributed by atoms with Crippen molar-refractivity contribution in [3.63, 3.8) is 0 Å². The normalized spacial score (nSPS) is 15.1. The molecule has 0 spiro atoms. The summed E-state index contributed by atoms with van der Waals surface area (Å²) >= 11 is 0. The minimum absolute atomic E-state index is 0.173. The van der Waals surface area contributed by atoms with Gasteiger partial charge < -0.3 is 5.32 Å². The van der Waals surface area contributed by atoms with Crippen LogP contribution < -0.4 is 5.32 Å². The smallest absolute Gasteiger partial charge is 0.322 e. The summed E-state index contributed by atoms with van der Waals surface area (Å²) in [7, 11) is 0. The minimum Gasteiger partial charge on any atom is -0.322 e. The van der Waals surface area contributed by atoms with E-state index in [0.717, 1.165) is 18.5 Å². The van der Waals surface area contributed by atoms with Gasteiger partial charge in [0.05, 0.1) is 17.6 Å². The van der Waals surface area contributed by atoms with Crippen LogP contribution in [0.4, 0.5) is 24.8 Å². The van der Waals surface area contributed by atoms with Gasteiger partial charge in [0, 0.05) is 18.2 Å². The highest BCUT2D eigenvalue weighted by molar-refractivity contribution is 5.72. The summed E-state index contributed by atoms with van der Waals surface area (Å²) in [5, 5.41) is 13.9. The first-order valence-electron chi connectivity index (χ1n) is 7.35. The topological polar surface area (TPSA) is 80.1 Å². The number of nitrogens with one attached hydrogen (secondary N) is 2. The van der Waals surface area contributed by atoms with E-state index in [-0.39, 0.29) is 5.69 Å². The average molecular weight is 338 g/mol. The van der Waals surface area contributed by atoms with Crippen molar-refractivity contribution in [1.82, 2.24) is 24.8 Å². The largest absolute Gasteiger partial charge is 0.522 e. The second kappa shape index (κ2) is 5.48. The monoisotopic (exact) mass is 338 g/mol. The summed E-state index contributed by atoms with van der Waals surface area (Å²) in [4.78, 5) is 4.57. The molecular formula is C14H13F3N6O. The van der Waals surface area contributed by atoms with E-state index in [9.17, 15) is 13.2 Å². The molecule has 1 saturated carbocycles. The molecule has 0 saturated heterocycles. The molecule has 3 aromatic rings. The number of hydrogen-bond donors (Lipinski definition) is 2. The van der Waals surface area contributed by atoms with Crippen LogP contribution in [0.2, 0.25) is 0 Å². The molecule has 1 aliphatic carbocycles. The van der Waals surface area contributed by atoms with Crippen LogP contribution in [0, 0.1) is 0 Å². The van der Waals surface area contributed by atoms with Gasteiger partial charge in [-0.3, -0.25) is 9.84 Å². The first-order valence-corrected chi connectivity index (χ1v) is 7.35. The molecule has 0 aliphatic heterocycles. The SMILES string of the molecule is FC(F)(F)OCc1cc2c(Nc3cc[nH]n3)nc(C3CC3)cn2n1. The molecule has 2 N–H and O–H groups in total. The zero-order valence-electron chi connectivity index (χ0n) is 12.3. The molecule has 3 heterocycles. The number of hydrogen-bond acceptors (Lipinski definition) is 5. The summed E-state index contributed by atoms with van der Waals surface area (Å²) in [6.45, 7) is -0.647. The lowest BCUT2D eigenvalue weighted by Gasteiger charge is -2.07. The third kappa shape index (κ3) is 3.18. The summed E-state index contributed by atoms with van der Waals surface area (Å²) in [6.07, 6.45) is 0.809. The van der Waals surface area contributed by atoms with Gasteiger partial charge in [0.25, 0.3) is 0 Å². The van der Waals surface area contributed by atoms with Gasteiger partial charge in [-0.1, -0.05) is 0 Å². The van der Waals surface area contributed by atoms with Crippen molar-refractivity contribution in [2.24, 2.45) is 0 Å². The maximum atomic E-state index is 12.2. The summed E-state index contributed by atoms with van der Waals surface area (Å²) in [5.41, 5.74) is 1.59. The Morgan fingerprint density at radius 3 is 2.88 bits per heavy atom. The number of fused-ring (bicyclic) bond motifs is 1. The average Bonchev–Trinajstić information content (AvgIpc) is 3.08. The Balaban J connectivity index is 1.70. The molecule has 0 aromatic carbocycles. The molecule has 0 bridgehead atoms. The first-order chi connectivity index (χ1) is 11.5. The van der Waals surface area contributed by atoms with Crippen LogP contribution in [-0.2, 0) is 11.3 Å². The molecule has 1 aliphatic rings. The molecule has 0 amide bonds. The molecule has 24 heavy (non-hydrogen) atoms. The van der Waals surface area contributed by atoms with Crippen molar-refractivity contribution in [2.45, 2.75) is 31.7 Å². The van der Waals surface area contributed by atoms with Crippen LogP contribution in [0.1, 0.15) is 30.1 Å². The number of aromatic amines is 1. The fourth-order valence-electron chi connectivity index (χ4n) is 2.41. The number of nitrogens with zero attached hydrogens (tertiary/aromatic N) is 4. The molecule has 4 rings (SSSR count). The van der Waals surface area contributed by atoms with Crippen LogP contribution in [0.15, 0.2) is 24.5 Å². The molecule has 0 atom stereocenters. The third-order valence-electron chi connectivity index (χ3n) is 3.65. The highest BCUT2D eigenvalue weighted by Gasteiger charge is 2.30. The van der Waals surface area contributed by atoms with E-state index in [1.54, 1.807) is 18.5 Å². The molecule has 1 fully saturated rings. The minimum atomic E-state index is -4.69. The van der Waals surface area contributed by atoms with Crippen LogP contribution in [0.25, 0.3) is 5.52 Å². The standard InChI is InChI=1S/C14H13F3N6O/c15-14(16,17)24-7-9-5-11-13(20-12-3-4-18-21-12)19-10(8-1-2-8)6-23(11)22-9/h3-6,8H,1-2,7H2,(H2,18,19,20,21). The molecular weight excluding hydrogens is 325 g/mol. The lowest BCUT2D eigenvalue weighted by Crippen LogP contribution is -2.13. The van der Waals surface area contributed by atoms with Crippen molar-refractivity contribution in [1.29, 1.82) is 0 Å². The van der Waals surface area contributed by atoms with E-state index in [1.165, 1.54) is 10.6 Å². The molecule has 0 unspecified atom stereocenters. The van der Waals surface area contributed by atoms with Gasteiger partial charge >= 0.3 is 6.36 Å². The van der Waals surface area contributed by atoms with Crippen molar-refractivity contribution < 1.29 is 17.9 Å². The van der Waals surface area contributed by atoms with E-state index < -0.39 is 13.0 Å². The van der Waals surface area contributed by atoms with Crippen LogP contribution in [0.3, 0.4) is 0 Å². The van der Waals surface area contributed by atoms with E-state index in [0.29, 0.717) is 23.1 Å². The second-order valence-electron chi connectivity index (χ2n) is 5.57. The zero-order chi connectivity index (χ0) is 16.7. The highest BCUT2D eigenvalue weighted by Crippen LogP contribution is 2.40. The van der Waals surface area contributed by atoms with E-state index in [4.69, 9.17) is 0 Å². The van der Waals surface area contributed by atoms with E-state index in [2.05, 4.69) is 30.3 Å². The van der Waals surface area contributed by atoms with Crippen LogP contribution >= 0.6 is 0 Å². The lowest BCUT2D eigenvalue weighted by atomic mass is 10.3. The number of halogens is 3. The number of anilines is 2. The van der Waals surface area contributed by atoms with Crippen LogP contribution in [-0.4, -0.2) is 31.2 Å². The Morgan fingerprint density at radius 1 is 1.38 bits per heavy atom. The predicted octanol–water partition coefficient (Wildman–Crippen LogP) is 3.11. The van der Waals surface area contributed by atoms with Crippen molar-refractivity contribution in [2.75, 3.05) is 5.32 Å². The maximum absolute atomic E-state index is 12.2. The molecule has 10 heteroatoms. The quantitative estimate of drug-likeness (QED) is 0.747. The number of ether oxygens (including phenoxy) is 1. The van der Waals surface area contributed by atoms with Gasteiger partial charge in [0.2, 0.25) is 0 Å². The molecule has 3 aromatic heterocycles. The van der Waals surface area contributed by atoms with Gasteiger partial charge in [-0.25, -0.2) is 9.50 Å². The highest BCUT2D eigenvalue weighted by atomic mass is 19.4. The lowest BCUT2D eigenvalue weighted by molar-refractivity contribution is -0.330. The molecule has 7 nitrogen and oxygen atoms in total. The zero-order valence-corrected chi connectivity index (χ0v) is 12.3. The van der Waals surface area contributed by atoms with Crippen LogP contribution in [0.5, 0.6) is 0 Å². The van der Waals surface area contributed by atoms with Crippen molar-refractivity contribution in [3.05, 3.63) is 35.9 Å². The summed E-state index contributed by atoms with van der Waals surface area (Å²) in [6, 6.07) is 3.25. The summed E-state index contributed by atoms with van der Waals surface area (Å²) < 4.78 is 42.0. The Labute approximate surface area is 133 Å². The number of aromatic nitrogens is 5. The Morgan fingerprint density at radius 2 is 2.21 bits per heavy atom. The first kappa shape index (κ1) is 14.9. The fourth-order valence-corrected chi connectivity index (χ4v) is 2.41. The van der Waals surface area contributed by atoms with Gasteiger partial charge in [0.15, 0.2) is 11.6 Å². The number of H-pyrrole nitrogens is 1. The van der Waals surface area contributed by atoms with E-state index >= 15 is 0 Å². The van der Waals surface area contributed by atoms with Gasteiger partial charge in [-0.05, 0) is 18.9 Å². The molecule has 126 valence electrons. The maximum Gasteiger partial charge on any atom is 0.522 e. The fraction of sp³-hybridized carbons (Fsp3) is 0.357. The predicted molar refractivity (Wildman–Crippen MR) is 77.7 cm³/mol. The molecule has 0 radical (unpaired) electrons. The Hall–Kier alpha value is -2.62. The van der Waals surface area contributed by atoms with Crippen molar-refractivity contribution in [3.8, 4) is 0 Å². The van der Waals surface area contributed by atoms with Gasteiger partial charge in [-0.15, -0.1) is 13.2 Å².